The number of esters is 2. The third kappa shape index (κ3) is 6.44. The summed E-state index contributed by atoms with van der Waals surface area (Å²) < 4.78 is 22.4. The van der Waals surface area contributed by atoms with Gasteiger partial charge in [0.25, 0.3) is 0 Å². The van der Waals surface area contributed by atoms with Crippen LogP contribution in [-0.2, 0) is 23.8 Å². The molecule has 1 aromatic carbocycles. The number of aliphatic hydroxyl groups excluding tert-OH is 3. The number of benzene rings is 1. The number of ether oxygens (including phenoxy) is 4. The topological polar surface area (TPSA) is 135 Å². The predicted octanol–water partition coefficient (Wildman–Crippen LogP) is 1.42. The molecule has 3 saturated heterocycles. The molecule has 1 aromatic rings. The van der Waals surface area contributed by atoms with Crippen LogP contribution in [0.1, 0.15) is 39.2 Å². The van der Waals surface area contributed by atoms with Crippen molar-refractivity contribution in [3.63, 3.8) is 0 Å². The molecule has 0 bridgehead atoms. The maximum atomic E-state index is 12.4. The third-order valence-corrected chi connectivity index (χ3v) is 7.58. The van der Waals surface area contributed by atoms with E-state index in [1.54, 1.807) is 57.2 Å². The second-order valence-corrected chi connectivity index (χ2v) is 10.1. The summed E-state index contributed by atoms with van der Waals surface area (Å²) in [5.74, 6) is -0.507. The second kappa shape index (κ2) is 12.4. The van der Waals surface area contributed by atoms with E-state index in [4.69, 9.17) is 18.9 Å². The van der Waals surface area contributed by atoms with Crippen molar-refractivity contribution in [2.75, 3.05) is 19.7 Å². The van der Waals surface area contributed by atoms with E-state index in [0.29, 0.717) is 17.9 Å². The van der Waals surface area contributed by atoms with Crippen LogP contribution in [0.2, 0.25) is 0 Å². The van der Waals surface area contributed by atoms with E-state index in [0.717, 1.165) is 24.9 Å². The van der Waals surface area contributed by atoms with E-state index in [1.165, 1.54) is 6.08 Å². The van der Waals surface area contributed by atoms with Gasteiger partial charge in [0.15, 0.2) is 0 Å². The average Bonchev–Trinajstić information content (AvgIpc) is 3.49. The van der Waals surface area contributed by atoms with E-state index in [9.17, 15) is 24.9 Å². The van der Waals surface area contributed by atoms with Gasteiger partial charge in [0.2, 0.25) is 6.29 Å². The summed E-state index contributed by atoms with van der Waals surface area (Å²) >= 11 is 0. The minimum atomic E-state index is -1.40. The van der Waals surface area contributed by atoms with Crippen molar-refractivity contribution in [3.05, 3.63) is 47.6 Å². The lowest BCUT2D eigenvalue weighted by Gasteiger charge is -2.38. The van der Waals surface area contributed by atoms with Crippen LogP contribution in [-0.4, -0.2) is 94.7 Å². The summed E-state index contributed by atoms with van der Waals surface area (Å²) in [4.78, 5) is 27.1. The van der Waals surface area contributed by atoms with Crippen molar-refractivity contribution >= 4 is 18.0 Å². The van der Waals surface area contributed by atoms with Crippen molar-refractivity contribution in [1.29, 1.82) is 0 Å². The normalized spacial score (nSPS) is 33.8. The molecule has 0 spiro atoms. The van der Waals surface area contributed by atoms with Gasteiger partial charge < -0.3 is 34.3 Å². The third-order valence-electron chi connectivity index (χ3n) is 7.58. The highest BCUT2D eigenvalue weighted by molar-refractivity contribution is 5.88. The van der Waals surface area contributed by atoms with Crippen LogP contribution in [0.4, 0.5) is 0 Å². The molecule has 0 aromatic heterocycles. The Labute approximate surface area is 222 Å². The number of allylic oxidation sites excluding steroid dienone is 1. The van der Waals surface area contributed by atoms with E-state index >= 15 is 0 Å². The first kappa shape index (κ1) is 28.3. The minimum Gasteiger partial charge on any atom is -0.462 e. The molecule has 0 saturated carbocycles. The van der Waals surface area contributed by atoms with E-state index in [2.05, 4.69) is 4.90 Å². The fourth-order valence-electron chi connectivity index (χ4n) is 5.16. The summed E-state index contributed by atoms with van der Waals surface area (Å²) in [6.07, 6.45) is 0.626. The van der Waals surface area contributed by atoms with Gasteiger partial charge in [0.05, 0.1) is 12.7 Å². The fourth-order valence-corrected chi connectivity index (χ4v) is 5.16. The molecule has 0 aliphatic carbocycles. The van der Waals surface area contributed by atoms with Crippen LogP contribution in [0.15, 0.2) is 42.0 Å². The monoisotopic (exact) mass is 531 g/mol. The number of carbonyl (C=O) groups is 2. The Morgan fingerprint density at radius 3 is 2.58 bits per heavy atom. The molecule has 4 rings (SSSR count). The summed E-state index contributed by atoms with van der Waals surface area (Å²) in [7, 11) is 0. The molecule has 8 atom stereocenters. The molecule has 3 N–H and O–H groups in total. The SMILES string of the molecule is C/C=C(/C)C(=O)O[C@H]1CN2CCC[C@H]2[C@H]1COC(=O)/C=C/c1ccc(O[C@@H]2O[C@@H](C)[C@H](O)[C@@H](O)[C@H]2O)cc1. The number of rotatable bonds is 8. The standard InChI is InChI=1S/C28H37NO9/c1-4-16(2)27(34)38-22-14-29-13-5-6-21(29)20(22)15-35-23(30)12-9-18-7-10-19(11-8-18)37-28-26(33)25(32)24(31)17(3)36-28/h4,7-12,17,20-22,24-26,28,31-33H,5-6,13-15H2,1-3H3/b12-9+,16-4-/t17-,20+,21-,22-,24-,25+,26+,28-/m0/s1. The molecule has 208 valence electrons. The molecule has 10 nitrogen and oxygen atoms in total. The van der Waals surface area contributed by atoms with Crippen molar-refractivity contribution in [2.45, 2.75) is 76.5 Å². The highest BCUT2D eigenvalue weighted by Crippen LogP contribution is 2.35. The fraction of sp³-hybridized carbons (Fsp3) is 0.571. The first-order valence-corrected chi connectivity index (χ1v) is 13.1. The predicted molar refractivity (Wildman–Crippen MR) is 137 cm³/mol. The maximum absolute atomic E-state index is 12.4. The van der Waals surface area contributed by atoms with Crippen LogP contribution in [0.5, 0.6) is 5.75 Å². The Morgan fingerprint density at radius 1 is 1.13 bits per heavy atom. The van der Waals surface area contributed by atoms with Gasteiger partial charge in [-0.25, -0.2) is 9.59 Å². The molecule has 3 fully saturated rings. The van der Waals surface area contributed by atoms with E-state index in [-0.39, 0.29) is 30.6 Å². The Bertz CT molecular complexity index is 1040. The lowest BCUT2D eigenvalue weighted by molar-refractivity contribution is -0.268. The molecular formula is C28H37NO9. The zero-order valence-corrected chi connectivity index (χ0v) is 21.9. The lowest BCUT2D eigenvalue weighted by Crippen LogP contribution is -2.58. The number of hydrogen-bond donors (Lipinski definition) is 3. The second-order valence-electron chi connectivity index (χ2n) is 10.1. The largest absolute Gasteiger partial charge is 0.462 e. The Balaban J connectivity index is 1.29. The molecule has 38 heavy (non-hydrogen) atoms. The van der Waals surface area contributed by atoms with Gasteiger partial charge in [-0.05, 0) is 63.9 Å². The van der Waals surface area contributed by atoms with Gasteiger partial charge in [-0.15, -0.1) is 0 Å². The van der Waals surface area contributed by atoms with Gasteiger partial charge in [-0.1, -0.05) is 18.2 Å². The van der Waals surface area contributed by atoms with Gasteiger partial charge >= 0.3 is 11.9 Å². The van der Waals surface area contributed by atoms with Gasteiger partial charge in [0, 0.05) is 30.2 Å². The molecule has 0 amide bonds. The molecule has 10 heteroatoms. The molecule has 3 heterocycles. The minimum absolute atomic E-state index is 0.0698. The Morgan fingerprint density at radius 2 is 1.87 bits per heavy atom. The first-order valence-electron chi connectivity index (χ1n) is 13.1. The van der Waals surface area contributed by atoms with Crippen LogP contribution >= 0.6 is 0 Å². The van der Waals surface area contributed by atoms with Crippen LogP contribution < -0.4 is 4.74 Å². The molecule has 3 aliphatic rings. The molecular weight excluding hydrogens is 494 g/mol. The zero-order chi connectivity index (χ0) is 27.4. The zero-order valence-electron chi connectivity index (χ0n) is 21.9. The molecule has 0 unspecified atom stereocenters. The summed E-state index contributed by atoms with van der Waals surface area (Å²) in [5, 5.41) is 29.8. The van der Waals surface area contributed by atoms with Crippen molar-refractivity contribution < 1.29 is 43.9 Å². The number of hydrogen-bond acceptors (Lipinski definition) is 10. The van der Waals surface area contributed by atoms with Gasteiger partial charge in [-0.2, -0.15) is 0 Å². The number of carbonyl (C=O) groups excluding carboxylic acids is 2. The van der Waals surface area contributed by atoms with Gasteiger partial charge in [0.1, 0.15) is 30.2 Å². The number of fused-ring (bicyclic) bond motifs is 1. The van der Waals surface area contributed by atoms with Crippen LogP contribution in [0.25, 0.3) is 6.08 Å². The van der Waals surface area contributed by atoms with Crippen LogP contribution in [0.3, 0.4) is 0 Å². The van der Waals surface area contributed by atoms with Crippen molar-refractivity contribution in [1.82, 2.24) is 4.90 Å². The van der Waals surface area contributed by atoms with Crippen molar-refractivity contribution in [2.24, 2.45) is 5.92 Å². The molecule has 3 aliphatic heterocycles. The number of aliphatic hydroxyl groups is 3. The Hall–Kier alpha value is -2.76. The maximum Gasteiger partial charge on any atom is 0.333 e. The van der Waals surface area contributed by atoms with E-state index in [1.807, 2.05) is 0 Å². The molecule has 0 radical (unpaired) electrons. The van der Waals surface area contributed by atoms with Gasteiger partial charge in [-0.3, -0.25) is 4.90 Å². The number of nitrogens with zero attached hydrogens (tertiary/aromatic N) is 1. The lowest BCUT2D eigenvalue weighted by atomic mass is 9.97. The van der Waals surface area contributed by atoms with Crippen LogP contribution in [0, 0.1) is 5.92 Å². The van der Waals surface area contributed by atoms with Crippen molar-refractivity contribution in [3.8, 4) is 5.75 Å². The summed E-state index contributed by atoms with van der Waals surface area (Å²) in [5.41, 5.74) is 1.28. The summed E-state index contributed by atoms with van der Waals surface area (Å²) in [6.45, 7) is 6.88. The first-order chi connectivity index (χ1) is 18.2. The Kier molecular flexibility index (Phi) is 9.22. The van der Waals surface area contributed by atoms with E-state index < -0.39 is 36.7 Å². The quantitative estimate of drug-likeness (QED) is 0.334. The average molecular weight is 532 g/mol. The smallest absolute Gasteiger partial charge is 0.333 e. The highest BCUT2D eigenvalue weighted by atomic mass is 16.7. The highest BCUT2D eigenvalue weighted by Gasteiger charge is 2.46. The summed E-state index contributed by atoms with van der Waals surface area (Å²) in [6, 6.07) is 6.96.